The first-order valence-corrected chi connectivity index (χ1v) is 9.73. The highest BCUT2D eigenvalue weighted by Gasteiger charge is 2.35. The minimum absolute atomic E-state index is 0.112. The average molecular weight is 384 g/mol. The quantitative estimate of drug-likeness (QED) is 0.551. The molecule has 0 fully saturated rings. The van der Waals surface area contributed by atoms with Crippen LogP contribution in [0.15, 0.2) is 84.0 Å². The van der Waals surface area contributed by atoms with Crippen LogP contribution in [-0.2, 0) is 21.7 Å². The molecule has 1 heterocycles. The van der Waals surface area contributed by atoms with Gasteiger partial charge in [0.2, 0.25) is 0 Å². The molecule has 4 heteroatoms. The predicted octanol–water partition coefficient (Wildman–Crippen LogP) is 5.58. The fraction of sp³-hybridized carbons (Fsp3) is 0.200. The number of amides is 1. The molecule has 29 heavy (non-hydrogen) atoms. The second-order valence-electron chi connectivity index (χ2n) is 8.15. The highest BCUT2D eigenvalue weighted by atomic mass is 16.6. The molecule has 0 N–H and O–H groups in total. The maximum absolute atomic E-state index is 13.1. The van der Waals surface area contributed by atoms with E-state index in [-0.39, 0.29) is 11.3 Å². The number of oxime groups is 1. The molecular formula is C25H24N2O2. The van der Waals surface area contributed by atoms with Gasteiger partial charge in [0.05, 0.1) is 5.69 Å². The molecule has 0 aromatic heterocycles. The van der Waals surface area contributed by atoms with Crippen molar-refractivity contribution in [3.63, 3.8) is 0 Å². The zero-order valence-electron chi connectivity index (χ0n) is 16.9. The van der Waals surface area contributed by atoms with Crippen molar-refractivity contribution in [1.29, 1.82) is 0 Å². The molecule has 0 saturated carbocycles. The van der Waals surface area contributed by atoms with E-state index in [0.29, 0.717) is 12.3 Å². The summed E-state index contributed by atoms with van der Waals surface area (Å²) in [6, 6.07) is 25.5. The molecule has 3 aromatic carbocycles. The number of rotatable bonds is 4. The minimum atomic E-state index is -0.180. The SMILES string of the molecule is CC(C)(C)c1ccc(CO/N=C2/C(=O)N(c3ccccc3)c3ccccc32)cc1. The molecule has 0 bridgehead atoms. The van der Waals surface area contributed by atoms with Gasteiger partial charge in [-0.05, 0) is 34.7 Å². The van der Waals surface area contributed by atoms with Gasteiger partial charge in [0.25, 0.3) is 5.91 Å². The van der Waals surface area contributed by atoms with Gasteiger partial charge in [0.1, 0.15) is 6.61 Å². The normalized spacial score (nSPS) is 14.9. The summed E-state index contributed by atoms with van der Waals surface area (Å²) < 4.78 is 0. The Bertz CT molecular complexity index is 1050. The van der Waals surface area contributed by atoms with Crippen LogP contribution in [0.5, 0.6) is 0 Å². The van der Waals surface area contributed by atoms with Gasteiger partial charge in [-0.1, -0.05) is 86.6 Å². The van der Waals surface area contributed by atoms with Gasteiger partial charge < -0.3 is 4.84 Å². The standard InChI is InChI=1S/C25H24N2O2/c1-25(2,3)19-15-13-18(14-16-19)17-29-26-23-21-11-7-8-12-22(21)27(24(23)28)20-9-5-4-6-10-20/h4-16H,17H2,1-3H3/b26-23+. The summed E-state index contributed by atoms with van der Waals surface area (Å²) in [6.07, 6.45) is 0. The molecule has 146 valence electrons. The van der Waals surface area contributed by atoms with Crippen LogP contribution in [0.2, 0.25) is 0 Å². The monoisotopic (exact) mass is 384 g/mol. The summed E-state index contributed by atoms with van der Waals surface area (Å²) >= 11 is 0. The molecule has 0 radical (unpaired) electrons. The number of fused-ring (bicyclic) bond motifs is 1. The van der Waals surface area contributed by atoms with Crippen molar-refractivity contribution in [2.24, 2.45) is 5.16 Å². The number of benzene rings is 3. The molecule has 4 rings (SSSR count). The number of carbonyl (C=O) groups is 1. The number of hydrogen-bond acceptors (Lipinski definition) is 3. The summed E-state index contributed by atoms with van der Waals surface area (Å²) in [5.41, 5.74) is 5.14. The van der Waals surface area contributed by atoms with Crippen LogP contribution in [0, 0.1) is 0 Å². The maximum atomic E-state index is 13.1. The first-order chi connectivity index (χ1) is 13.9. The smallest absolute Gasteiger partial charge is 0.285 e. The molecule has 0 unspecified atom stereocenters. The Balaban J connectivity index is 1.55. The van der Waals surface area contributed by atoms with E-state index in [4.69, 9.17) is 4.84 Å². The van der Waals surface area contributed by atoms with E-state index in [2.05, 4.69) is 38.1 Å². The lowest BCUT2D eigenvalue weighted by atomic mass is 9.87. The average Bonchev–Trinajstić information content (AvgIpc) is 3.00. The highest BCUT2D eigenvalue weighted by molar-refractivity contribution is 6.55. The van der Waals surface area contributed by atoms with Crippen LogP contribution < -0.4 is 4.90 Å². The molecule has 0 saturated heterocycles. The summed E-state index contributed by atoms with van der Waals surface area (Å²) in [6.45, 7) is 6.87. The lowest BCUT2D eigenvalue weighted by Gasteiger charge is -2.19. The zero-order valence-corrected chi connectivity index (χ0v) is 16.9. The molecule has 0 spiro atoms. The van der Waals surface area contributed by atoms with Gasteiger partial charge >= 0.3 is 0 Å². The van der Waals surface area contributed by atoms with Gasteiger partial charge in [0, 0.05) is 11.3 Å². The fourth-order valence-electron chi connectivity index (χ4n) is 3.39. The summed E-state index contributed by atoms with van der Waals surface area (Å²) in [5.74, 6) is -0.180. The predicted molar refractivity (Wildman–Crippen MR) is 116 cm³/mol. The van der Waals surface area contributed by atoms with Crippen molar-refractivity contribution in [2.75, 3.05) is 4.90 Å². The lowest BCUT2D eigenvalue weighted by Crippen LogP contribution is -2.25. The van der Waals surface area contributed by atoms with Crippen LogP contribution in [0.1, 0.15) is 37.5 Å². The Morgan fingerprint density at radius 1 is 0.862 bits per heavy atom. The van der Waals surface area contributed by atoms with Gasteiger partial charge in [-0.2, -0.15) is 0 Å². The van der Waals surface area contributed by atoms with Crippen molar-refractivity contribution in [3.8, 4) is 0 Å². The number of carbonyl (C=O) groups excluding carboxylic acids is 1. The van der Waals surface area contributed by atoms with E-state index in [9.17, 15) is 4.79 Å². The van der Waals surface area contributed by atoms with Crippen LogP contribution in [0.25, 0.3) is 0 Å². The topological polar surface area (TPSA) is 41.9 Å². The van der Waals surface area contributed by atoms with Crippen LogP contribution in [0.3, 0.4) is 0 Å². The minimum Gasteiger partial charge on any atom is -0.390 e. The van der Waals surface area contributed by atoms with E-state index >= 15 is 0 Å². The van der Waals surface area contributed by atoms with E-state index < -0.39 is 0 Å². The second-order valence-corrected chi connectivity index (χ2v) is 8.15. The van der Waals surface area contributed by atoms with Crippen LogP contribution in [-0.4, -0.2) is 11.6 Å². The van der Waals surface area contributed by atoms with Gasteiger partial charge in [-0.15, -0.1) is 0 Å². The third kappa shape index (κ3) is 3.79. The second kappa shape index (κ2) is 7.55. The Labute approximate surface area is 171 Å². The highest BCUT2D eigenvalue weighted by Crippen LogP contribution is 2.35. The van der Waals surface area contributed by atoms with E-state index in [0.717, 1.165) is 22.5 Å². The van der Waals surface area contributed by atoms with Crippen molar-refractivity contribution < 1.29 is 9.63 Å². The summed E-state index contributed by atoms with van der Waals surface area (Å²) in [5, 5.41) is 4.21. The molecule has 0 atom stereocenters. The molecule has 3 aromatic rings. The largest absolute Gasteiger partial charge is 0.390 e. The third-order valence-electron chi connectivity index (χ3n) is 5.03. The lowest BCUT2D eigenvalue weighted by molar-refractivity contribution is -0.111. The molecule has 4 nitrogen and oxygen atoms in total. The van der Waals surface area contributed by atoms with Crippen molar-refractivity contribution in [2.45, 2.75) is 32.8 Å². The molecule has 1 aliphatic heterocycles. The van der Waals surface area contributed by atoms with E-state index in [1.165, 1.54) is 5.56 Å². The zero-order chi connectivity index (χ0) is 20.4. The Morgan fingerprint density at radius 3 is 2.21 bits per heavy atom. The maximum Gasteiger partial charge on any atom is 0.285 e. The molecule has 1 aliphatic rings. The van der Waals surface area contributed by atoms with Crippen molar-refractivity contribution >= 4 is 23.0 Å². The first-order valence-electron chi connectivity index (χ1n) is 9.73. The molecular weight excluding hydrogens is 360 g/mol. The summed E-state index contributed by atoms with van der Waals surface area (Å²) in [4.78, 5) is 20.3. The first kappa shape index (κ1) is 18.9. The summed E-state index contributed by atoms with van der Waals surface area (Å²) in [7, 11) is 0. The fourth-order valence-corrected chi connectivity index (χ4v) is 3.39. The third-order valence-corrected chi connectivity index (χ3v) is 5.03. The van der Waals surface area contributed by atoms with Crippen LogP contribution in [0.4, 0.5) is 11.4 Å². The Morgan fingerprint density at radius 2 is 1.52 bits per heavy atom. The van der Waals surface area contributed by atoms with Gasteiger partial charge in [0.15, 0.2) is 5.71 Å². The van der Waals surface area contributed by atoms with E-state index in [1.807, 2.05) is 66.7 Å². The Kier molecular flexibility index (Phi) is 4.93. The number of para-hydroxylation sites is 2. The number of hydrogen-bond donors (Lipinski definition) is 0. The van der Waals surface area contributed by atoms with Gasteiger partial charge in [-0.25, -0.2) is 0 Å². The van der Waals surface area contributed by atoms with Crippen molar-refractivity contribution in [3.05, 3.63) is 95.6 Å². The van der Waals surface area contributed by atoms with Gasteiger partial charge in [-0.3, -0.25) is 9.69 Å². The molecule has 0 aliphatic carbocycles. The number of nitrogens with zero attached hydrogens (tertiary/aromatic N) is 2. The van der Waals surface area contributed by atoms with Crippen LogP contribution >= 0.6 is 0 Å². The van der Waals surface area contributed by atoms with Crippen molar-refractivity contribution in [1.82, 2.24) is 0 Å². The van der Waals surface area contributed by atoms with E-state index in [1.54, 1.807) is 4.90 Å². The molecule has 1 amide bonds. The number of anilines is 2. The Hall–Kier alpha value is -3.40.